The first-order valence-corrected chi connectivity index (χ1v) is 6.57. The van der Waals surface area contributed by atoms with Crippen LogP contribution in [-0.2, 0) is 4.79 Å². The monoisotopic (exact) mass is 264 g/mol. The van der Waals surface area contributed by atoms with Crippen molar-refractivity contribution in [1.29, 1.82) is 0 Å². The van der Waals surface area contributed by atoms with Gasteiger partial charge in [0.1, 0.15) is 6.04 Å². The lowest BCUT2D eigenvalue weighted by Crippen LogP contribution is -2.42. The third-order valence-electron chi connectivity index (χ3n) is 3.59. The minimum absolute atomic E-state index is 0.0487. The smallest absolute Gasteiger partial charge is 0.326 e. The zero-order chi connectivity index (χ0) is 13.6. The van der Waals surface area contributed by atoms with Crippen LogP contribution >= 0.6 is 0 Å². The van der Waals surface area contributed by atoms with Crippen molar-refractivity contribution in [3.05, 3.63) is 17.3 Å². The maximum Gasteiger partial charge on any atom is 0.326 e. The number of carbonyl (C=O) groups is 2. The molecule has 19 heavy (non-hydrogen) atoms. The number of rotatable bonds is 5. The lowest BCUT2D eigenvalue weighted by atomic mass is 10.2. The summed E-state index contributed by atoms with van der Waals surface area (Å²) in [6, 6.07) is -0.818. The molecule has 1 aromatic rings. The van der Waals surface area contributed by atoms with Crippen molar-refractivity contribution in [3.8, 4) is 0 Å². The molecular weight excluding hydrogens is 248 g/mol. The molecule has 1 heterocycles. The Kier molecular flexibility index (Phi) is 2.80. The molecule has 0 aliphatic heterocycles. The largest absolute Gasteiger partial charge is 0.480 e. The van der Waals surface area contributed by atoms with Crippen LogP contribution in [0.15, 0.2) is 4.42 Å². The molecule has 2 aliphatic rings. The third-order valence-corrected chi connectivity index (χ3v) is 3.59. The summed E-state index contributed by atoms with van der Waals surface area (Å²) in [5.74, 6) is -0.340. The van der Waals surface area contributed by atoms with Crippen molar-refractivity contribution >= 4 is 11.9 Å². The summed E-state index contributed by atoms with van der Waals surface area (Å²) in [5, 5.41) is 11.6. The molecule has 1 atom stereocenters. The van der Waals surface area contributed by atoms with Gasteiger partial charge in [0.15, 0.2) is 5.89 Å². The summed E-state index contributed by atoms with van der Waals surface area (Å²) in [6.45, 7) is 1.71. The van der Waals surface area contributed by atoms with E-state index in [0.717, 1.165) is 25.7 Å². The SMILES string of the molecule is Cc1nc(C2CC2)oc1C(=O)NC(C(=O)O)C1CC1. The lowest BCUT2D eigenvalue weighted by Gasteiger charge is -2.12. The first kappa shape index (κ1) is 12.2. The number of aliphatic carboxylic acids is 1. The predicted molar refractivity (Wildman–Crippen MR) is 64.8 cm³/mol. The molecule has 3 rings (SSSR count). The minimum atomic E-state index is -0.990. The molecule has 2 N–H and O–H groups in total. The minimum Gasteiger partial charge on any atom is -0.480 e. The Morgan fingerprint density at radius 2 is 2.05 bits per heavy atom. The van der Waals surface area contributed by atoms with Gasteiger partial charge < -0.3 is 14.8 Å². The molecule has 0 bridgehead atoms. The zero-order valence-corrected chi connectivity index (χ0v) is 10.7. The third kappa shape index (κ3) is 2.47. The van der Waals surface area contributed by atoms with Gasteiger partial charge in [-0.05, 0) is 38.5 Å². The van der Waals surface area contributed by atoms with E-state index in [4.69, 9.17) is 9.52 Å². The molecule has 1 amide bonds. The number of carboxylic acid groups (broad SMARTS) is 1. The number of hydrogen-bond acceptors (Lipinski definition) is 4. The summed E-state index contributed by atoms with van der Waals surface area (Å²) in [6.07, 6.45) is 3.78. The van der Waals surface area contributed by atoms with Gasteiger partial charge in [-0.15, -0.1) is 0 Å². The van der Waals surface area contributed by atoms with Gasteiger partial charge in [0.2, 0.25) is 5.76 Å². The van der Waals surface area contributed by atoms with Crippen LogP contribution in [0.25, 0.3) is 0 Å². The maximum absolute atomic E-state index is 12.1. The van der Waals surface area contributed by atoms with Crippen molar-refractivity contribution in [2.45, 2.75) is 44.6 Å². The second-order valence-corrected chi connectivity index (χ2v) is 5.37. The van der Waals surface area contributed by atoms with Gasteiger partial charge in [-0.25, -0.2) is 9.78 Å². The van der Waals surface area contributed by atoms with Crippen LogP contribution in [-0.4, -0.2) is 28.0 Å². The number of oxazole rings is 1. The molecule has 1 unspecified atom stereocenters. The van der Waals surface area contributed by atoms with Crippen molar-refractivity contribution in [2.24, 2.45) is 5.92 Å². The van der Waals surface area contributed by atoms with Gasteiger partial charge in [-0.2, -0.15) is 0 Å². The second-order valence-electron chi connectivity index (χ2n) is 5.37. The number of aryl methyl sites for hydroxylation is 1. The first-order chi connectivity index (χ1) is 9.06. The highest BCUT2D eigenvalue weighted by atomic mass is 16.4. The molecule has 1 aromatic heterocycles. The normalized spacial score (nSPS) is 20.1. The molecule has 2 fully saturated rings. The Labute approximate surface area is 110 Å². The van der Waals surface area contributed by atoms with E-state index in [9.17, 15) is 9.59 Å². The fourth-order valence-electron chi connectivity index (χ4n) is 2.15. The van der Waals surface area contributed by atoms with Gasteiger partial charge in [-0.1, -0.05) is 0 Å². The van der Waals surface area contributed by atoms with Crippen LogP contribution in [0.2, 0.25) is 0 Å². The summed E-state index contributed by atoms with van der Waals surface area (Å²) >= 11 is 0. The van der Waals surface area contributed by atoms with Gasteiger partial charge in [0, 0.05) is 5.92 Å². The Morgan fingerprint density at radius 1 is 1.37 bits per heavy atom. The number of nitrogens with zero attached hydrogens (tertiary/aromatic N) is 1. The van der Waals surface area contributed by atoms with E-state index in [0.29, 0.717) is 17.5 Å². The van der Waals surface area contributed by atoms with Crippen LogP contribution in [0.4, 0.5) is 0 Å². The van der Waals surface area contributed by atoms with Gasteiger partial charge >= 0.3 is 5.97 Å². The highest BCUT2D eigenvalue weighted by Gasteiger charge is 2.38. The first-order valence-electron chi connectivity index (χ1n) is 6.57. The molecule has 0 saturated heterocycles. The average Bonchev–Trinajstić information content (AvgIpc) is 3.23. The van der Waals surface area contributed by atoms with Crippen LogP contribution in [0.5, 0.6) is 0 Å². The molecule has 0 aromatic carbocycles. The van der Waals surface area contributed by atoms with Crippen molar-refractivity contribution in [3.63, 3.8) is 0 Å². The molecule has 102 valence electrons. The van der Waals surface area contributed by atoms with E-state index in [1.54, 1.807) is 6.92 Å². The number of amides is 1. The van der Waals surface area contributed by atoms with E-state index >= 15 is 0 Å². The van der Waals surface area contributed by atoms with E-state index < -0.39 is 17.9 Å². The Bertz CT molecular complexity index is 529. The van der Waals surface area contributed by atoms with Crippen LogP contribution < -0.4 is 5.32 Å². The molecule has 2 aliphatic carbocycles. The standard InChI is InChI=1S/C13H16N2O4/c1-6-10(19-12(14-6)8-4-5-8)11(16)15-9(13(17)18)7-2-3-7/h7-9H,2-5H2,1H3,(H,15,16)(H,17,18). The Hall–Kier alpha value is -1.85. The predicted octanol–water partition coefficient (Wildman–Crippen LogP) is 1.45. The topological polar surface area (TPSA) is 92.4 Å². The second kappa shape index (κ2) is 4.36. The van der Waals surface area contributed by atoms with Crippen molar-refractivity contribution in [2.75, 3.05) is 0 Å². The highest BCUT2D eigenvalue weighted by Crippen LogP contribution is 2.40. The number of nitrogens with one attached hydrogen (secondary N) is 1. The van der Waals surface area contributed by atoms with Crippen molar-refractivity contribution in [1.82, 2.24) is 10.3 Å². The van der Waals surface area contributed by atoms with E-state index in [1.807, 2.05) is 0 Å². The molecule has 0 spiro atoms. The number of carboxylic acids is 1. The van der Waals surface area contributed by atoms with Gasteiger partial charge in [-0.3, -0.25) is 4.79 Å². The summed E-state index contributed by atoms with van der Waals surface area (Å²) < 4.78 is 5.46. The zero-order valence-electron chi connectivity index (χ0n) is 10.7. The summed E-state index contributed by atoms with van der Waals surface area (Å²) in [7, 11) is 0. The van der Waals surface area contributed by atoms with Crippen LogP contribution in [0.1, 0.15) is 53.7 Å². The number of hydrogen-bond donors (Lipinski definition) is 2. The highest BCUT2D eigenvalue weighted by molar-refractivity contribution is 5.95. The quantitative estimate of drug-likeness (QED) is 0.839. The van der Waals surface area contributed by atoms with Crippen LogP contribution in [0.3, 0.4) is 0 Å². The summed E-state index contributed by atoms with van der Waals surface area (Å²) in [4.78, 5) is 27.4. The fraction of sp³-hybridized carbons (Fsp3) is 0.615. The van der Waals surface area contributed by atoms with E-state index in [-0.39, 0.29) is 11.7 Å². The van der Waals surface area contributed by atoms with Crippen molar-refractivity contribution < 1.29 is 19.1 Å². The maximum atomic E-state index is 12.1. The average molecular weight is 264 g/mol. The molecule has 6 nitrogen and oxygen atoms in total. The molecule has 0 radical (unpaired) electrons. The number of aromatic nitrogens is 1. The Balaban J connectivity index is 1.73. The lowest BCUT2D eigenvalue weighted by molar-refractivity contribution is -0.139. The van der Waals surface area contributed by atoms with E-state index in [2.05, 4.69) is 10.3 Å². The number of carbonyl (C=O) groups excluding carboxylic acids is 1. The molecule has 6 heteroatoms. The summed E-state index contributed by atoms with van der Waals surface area (Å²) in [5.41, 5.74) is 0.527. The van der Waals surface area contributed by atoms with Gasteiger partial charge in [0.05, 0.1) is 5.69 Å². The van der Waals surface area contributed by atoms with Gasteiger partial charge in [0.25, 0.3) is 5.91 Å². The Morgan fingerprint density at radius 3 is 2.58 bits per heavy atom. The van der Waals surface area contributed by atoms with Crippen LogP contribution in [0, 0.1) is 12.8 Å². The molecule has 2 saturated carbocycles. The fourth-order valence-corrected chi connectivity index (χ4v) is 2.15. The molecular formula is C13H16N2O4. The van der Waals surface area contributed by atoms with E-state index in [1.165, 1.54) is 0 Å².